The van der Waals surface area contributed by atoms with Crippen molar-refractivity contribution in [3.63, 3.8) is 0 Å². The van der Waals surface area contributed by atoms with Crippen LogP contribution in [-0.4, -0.2) is 81.5 Å². The Kier molecular flexibility index (Phi) is 7.35. The molecule has 5 atom stereocenters. The predicted molar refractivity (Wildman–Crippen MR) is 112 cm³/mol. The molecule has 0 amide bonds. The van der Waals surface area contributed by atoms with Gasteiger partial charge in [-0.3, -0.25) is 0 Å². The van der Waals surface area contributed by atoms with Crippen molar-refractivity contribution in [2.45, 2.75) is 35.0 Å². The average Bonchev–Trinajstić information content (AvgIpc) is 3.17. The van der Waals surface area contributed by atoms with Crippen molar-refractivity contribution >= 4 is 49.5 Å². The number of nitrogens with two attached hydrogens (primary N) is 1. The number of aromatic nitrogens is 2. The number of benzene rings is 1. The van der Waals surface area contributed by atoms with Crippen molar-refractivity contribution in [2.24, 2.45) is 5.14 Å². The van der Waals surface area contributed by atoms with Crippen LogP contribution in [0.25, 0.3) is 0 Å². The van der Waals surface area contributed by atoms with Crippen molar-refractivity contribution in [2.75, 3.05) is 17.2 Å². The fourth-order valence-corrected chi connectivity index (χ4v) is 4.20. The molecule has 2 heterocycles. The van der Waals surface area contributed by atoms with Gasteiger partial charge in [0, 0.05) is 11.8 Å². The van der Waals surface area contributed by atoms with Crippen molar-refractivity contribution in [1.29, 1.82) is 0 Å². The average molecular weight is 494 g/mol. The summed E-state index contributed by atoms with van der Waals surface area (Å²) in [5, 5.41) is 56.7. The maximum absolute atomic E-state index is 11.2. The summed E-state index contributed by atoms with van der Waals surface area (Å²) in [6.45, 7) is -0.578. The van der Waals surface area contributed by atoms with E-state index in [2.05, 4.69) is 20.8 Å². The summed E-state index contributed by atoms with van der Waals surface area (Å²) < 4.78 is 33.0. The molecule has 1 fully saturated rings. The van der Waals surface area contributed by atoms with E-state index in [0.29, 0.717) is 17.0 Å². The van der Waals surface area contributed by atoms with Crippen LogP contribution in [0.1, 0.15) is 0 Å². The number of anilines is 2. The quantitative estimate of drug-likeness (QED) is 0.221. The number of aliphatic hydroxyl groups is 4. The van der Waals surface area contributed by atoms with Crippen LogP contribution in [0.4, 0.5) is 10.8 Å². The van der Waals surface area contributed by atoms with Gasteiger partial charge in [0.15, 0.2) is 5.11 Å². The molecule has 0 saturated carbocycles. The first-order chi connectivity index (χ1) is 14.6. The van der Waals surface area contributed by atoms with Crippen LogP contribution in [0.3, 0.4) is 0 Å². The van der Waals surface area contributed by atoms with Gasteiger partial charge in [0.2, 0.25) is 15.8 Å². The molecule has 0 bridgehead atoms. The van der Waals surface area contributed by atoms with Crippen LogP contribution in [-0.2, 0) is 14.8 Å². The number of hydrogen-bond acceptors (Lipinski definition) is 12. The molecule has 1 aliphatic heterocycles. The van der Waals surface area contributed by atoms with Gasteiger partial charge < -0.3 is 40.5 Å². The van der Waals surface area contributed by atoms with Gasteiger partial charge in [-0.25, -0.2) is 13.6 Å². The lowest BCUT2D eigenvalue weighted by Gasteiger charge is -2.39. The molecule has 0 unspecified atom stereocenters. The molecular weight excluding hydrogens is 474 g/mol. The lowest BCUT2D eigenvalue weighted by Crippen LogP contribution is -2.60. The third-order valence-electron chi connectivity index (χ3n) is 4.06. The number of primary sulfonamides is 1. The molecule has 8 N–H and O–H groups in total. The summed E-state index contributed by atoms with van der Waals surface area (Å²) in [5.41, 5.74) is 0.454. The molecule has 31 heavy (non-hydrogen) atoms. The monoisotopic (exact) mass is 493 g/mol. The zero-order valence-corrected chi connectivity index (χ0v) is 18.0. The van der Waals surface area contributed by atoms with E-state index in [1.807, 2.05) is 0 Å². The summed E-state index contributed by atoms with van der Waals surface area (Å²) in [5.74, 6) is 0.226. The predicted octanol–water partition coefficient (Wildman–Crippen LogP) is -1.83. The second kappa shape index (κ2) is 9.63. The van der Waals surface area contributed by atoms with Gasteiger partial charge in [0.1, 0.15) is 30.2 Å². The molecule has 16 heteroatoms. The number of hydrogen-bond donors (Lipinski definition) is 7. The molecule has 1 aliphatic rings. The smallest absolute Gasteiger partial charge is 0.267 e. The number of rotatable bonds is 6. The molecule has 0 aliphatic carbocycles. The molecule has 1 saturated heterocycles. The van der Waals surface area contributed by atoms with Gasteiger partial charge in [-0.05, 0) is 24.4 Å². The number of nitrogens with one attached hydrogen (secondary N) is 2. The SMILES string of the molecule is NS(=O)(=O)c1nnc(NC(=S)Nc2cccc(O[C@H]3O[C@H](CO)[C@@H](O)[C@H](O)[C@@H]3O)c2)s1. The third kappa shape index (κ3) is 5.82. The molecule has 2 aromatic rings. The van der Waals surface area contributed by atoms with E-state index in [4.69, 9.17) is 26.8 Å². The summed E-state index contributed by atoms with van der Waals surface area (Å²) in [6, 6.07) is 6.30. The molecule has 1 aromatic heterocycles. The lowest BCUT2D eigenvalue weighted by molar-refractivity contribution is -0.277. The van der Waals surface area contributed by atoms with Crippen LogP contribution in [0.2, 0.25) is 0 Å². The Labute approximate surface area is 185 Å². The largest absolute Gasteiger partial charge is 0.462 e. The maximum atomic E-state index is 11.2. The van der Waals surface area contributed by atoms with Crippen molar-refractivity contribution in [3.8, 4) is 5.75 Å². The van der Waals surface area contributed by atoms with Crippen molar-refractivity contribution in [3.05, 3.63) is 24.3 Å². The van der Waals surface area contributed by atoms with Crippen molar-refractivity contribution < 1.29 is 38.3 Å². The number of aliphatic hydroxyl groups excluding tert-OH is 4. The van der Waals surface area contributed by atoms with Gasteiger partial charge in [0.25, 0.3) is 10.0 Å². The molecule has 13 nitrogen and oxygen atoms in total. The van der Waals surface area contributed by atoms with E-state index < -0.39 is 47.3 Å². The number of sulfonamides is 1. The van der Waals surface area contributed by atoms with Crippen LogP contribution < -0.4 is 20.5 Å². The summed E-state index contributed by atoms with van der Waals surface area (Å²) in [6.07, 6.45) is -7.05. The lowest BCUT2D eigenvalue weighted by atomic mass is 9.99. The number of nitrogens with zero attached hydrogens (tertiary/aromatic N) is 2. The molecule has 0 radical (unpaired) electrons. The van der Waals surface area contributed by atoms with E-state index >= 15 is 0 Å². The fraction of sp³-hybridized carbons (Fsp3) is 0.400. The van der Waals surface area contributed by atoms with E-state index in [1.165, 1.54) is 6.07 Å². The van der Waals surface area contributed by atoms with Crippen LogP contribution in [0.5, 0.6) is 5.75 Å². The van der Waals surface area contributed by atoms with E-state index in [1.54, 1.807) is 18.2 Å². The minimum absolute atomic E-state index is 0.0714. The Morgan fingerprint density at radius 2 is 1.97 bits per heavy atom. The van der Waals surface area contributed by atoms with E-state index in [0.717, 1.165) is 0 Å². The summed E-state index contributed by atoms with van der Waals surface area (Å²) >= 11 is 5.85. The van der Waals surface area contributed by atoms with E-state index in [9.17, 15) is 28.8 Å². The number of ether oxygens (including phenoxy) is 2. The molecular formula is C15H19N5O8S3. The van der Waals surface area contributed by atoms with Crippen LogP contribution in [0, 0.1) is 0 Å². The Hall–Kier alpha value is -2.02. The van der Waals surface area contributed by atoms with Gasteiger partial charge >= 0.3 is 0 Å². The third-order valence-corrected chi connectivity index (χ3v) is 6.42. The Balaban J connectivity index is 1.63. The van der Waals surface area contributed by atoms with Gasteiger partial charge in [-0.2, -0.15) is 0 Å². The highest BCUT2D eigenvalue weighted by molar-refractivity contribution is 7.91. The molecule has 0 spiro atoms. The highest BCUT2D eigenvalue weighted by Crippen LogP contribution is 2.26. The Bertz CT molecular complexity index is 1030. The van der Waals surface area contributed by atoms with Crippen molar-refractivity contribution in [1.82, 2.24) is 10.2 Å². The van der Waals surface area contributed by atoms with Crippen LogP contribution >= 0.6 is 23.6 Å². The standard InChI is InChI=1S/C15H19N5O8S3/c16-31(25,26)15-20-19-14(30-15)18-13(29)17-6-2-1-3-7(4-6)27-12-11(24)10(23)9(22)8(5-21)28-12/h1-4,8-12,21-24H,5H2,(H2,16,25,26)(H2,17,18,19,29)/t8-,9-,10+,11+,12+/m1/s1. The molecule has 3 rings (SSSR count). The molecule has 1 aromatic carbocycles. The zero-order chi connectivity index (χ0) is 22.8. The second-order valence-corrected chi connectivity index (χ2v) is 9.46. The van der Waals surface area contributed by atoms with Gasteiger partial charge in [-0.1, -0.05) is 17.4 Å². The molecule has 170 valence electrons. The topological polar surface area (TPSA) is 209 Å². The first-order valence-electron chi connectivity index (χ1n) is 8.60. The summed E-state index contributed by atoms with van der Waals surface area (Å²) in [4.78, 5) is 0. The van der Waals surface area contributed by atoms with Gasteiger partial charge in [0.05, 0.1) is 6.61 Å². The minimum Gasteiger partial charge on any atom is -0.462 e. The first kappa shape index (κ1) is 23.6. The number of thiocarbonyl (C=S) groups is 1. The second-order valence-electron chi connectivity index (χ2n) is 6.34. The minimum atomic E-state index is -3.97. The fourth-order valence-electron chi connectivity index (χ4n) is 2.58. The maximum Gasteiger partial charge on any atom is 0.267 e. The van der Waals surface area contributed by atoms with E-state index in [-0.39, 0.29) is 20.3 Å². The van der Waals surface area contributed by atoms with Gasteiger partial charge in [-0.15, -0.1) is 10.2 Å². The highest BCUT2D eigenvalue weighted by Gasteiger charge is 2.44. The zero-order valence-electron chi connectivity index (χ0n) is 15.5. The Morgan fingerprint density at radius 3 is 2.61 bits per heavy atom. The first-order valence-corrected chi connectivity index (χ1v) is 11.4. The Morgan fingerprint density at radius 1 is 1.23 bits per heavy atom. The normalized spacial score (nSPS) is 26.3. The highest BCUT2D eigenvalue weighted by atomic mass is 32.2. The van der Waals surface area contributed by atoms with Crippen LogP contribution in [0.15, 0.2) is 28.6 Å². The summed E-state index contributed by atoms with van der Waals surface area (Å²) in [7, 11) is -3.97.